The first kappa shape index (κ1) is 16.7. The molecule has 1 nitrogen and oxygen atoms in total. The van der Waals surface area contributed by atoms with Gasteiger partial charge in [0.05, 0.1) is 0 Å². The van der Waals surface area contributed by atoms with Crippen molar-refractivity contribution >= 4 is 6.29 Å². The number of hydrogen-bond donors (Lipinski definition) is 0. The first-order chi connectivity index (χ1) is 8.11. The van der Waals surface area contributed by atoms with Crippen molar-refractivity contribution in [1.82, 2.24) is 0 Å². The molecule has 1 aliphatic rings. The average Bonchev–Trinajstić information content (AvgIpc) is 2.29. The Labute approximate surface area is 108 Å². The molecule has 17 heavy (non-hydrogen) atoms. The second kappa shape index (κ2) is 10.8. The molecule has 0 N–H and O–H groups in total. The van der Waals surface area contributed by atoms with Crippen molar-refractivity contribution in [2.45, 2.75) is 79.1 Å². The molecule has 0 saturated heterocycles. The quantitative estimate of drug-likeness (QED) is 0.601. The van der Waals surface area contributed by atoms with E-state index in [4.69, 9.17) is 0 Å². The van der Waals surface area contributed by atoms with Crippen LogP contribution in [0.25, 0.3) is 0 Å². The summed E-state index contributed by atoms with van der Waals surface area (Å²) in [6.45, 7) is 8.72. The van der Waals surface area contributed by atoms with Gasteiger partial charge in [0.15, 0.2) is 0 Å². The van der Waals surface area contributed by atoms with Crippen LogP contribution < -0.4 is 0 Å². The molecule has 0 aliphatic heterocycles. The first-order valence-electron chi connectivity index (χ1n) is 7.55. The summed E-state index contributed by atoms with van der Waals surface area (Å²) in [7, 11) is 0. The highest BCUT2D eigenvalue weighted by Gasteiger charge is 2.22. The normalized spacial score (nSPS) is 18.4. The molecule has 0 spiro atoms. The van der Waals surface area contributed by atoms with Crippen LogP contribution in [0.5, 0.6) is 0 Å². The Kier molecular flexibility index (Phi) is 10.6. The number of aldehydes is 1. The lowest BCUT2D eigenvalue weighted by atomic mass is 9.77. The fourth-order valence-electron chi connectivity index (χ4n) is 2.65. The number of hydrogen-bond acceptors (Lipinski definition) is 1. The molecule has 0 heterocycles. The summed E-state index contributed by atoms with van der Waals surface area (Å²) < 4.78 is 0. The predicted octanol–water partition coefficient (Wildman–Crippen LogP) is 5.23. The Bertz CT molecular complexity index is 166. The van der Waals surface area contributed by atoms with Gasteiger partial charge in [-0.25, -0.2) is 0 Å². The van der Waals surface area contributed by atoms with Crippen LogP contribution in [0.4, 0.5) is 0 Å². The Morgan fingerprint density at radius 2 is 1.65 bits per heavy atom. The summed E-state index contributed by atoms with van der Waals surface area (Å²) >= 11 is 0. The zero-order chi connectivity index (χ0) is 13.1. The van der Waals surface area contributed by atoms with E-state index in [-0.39, 0.29) is 0 Å². The zero-order valence-corrected chi connectivity index (χ0v) is 12.4. The molecule has 0 bridgehead atoms. The molecule has 0 aromatic heterocycles. The predicted molar refractivity (Wildman–Crippen MR) is 76.2 cm³/mol. The Morgan fingerprint density at radius 3 is 2.06 bits per heavy atom. The van der Waals surface area contributed by atoms with Crippen molar-refractivity contribution in [3.63, 3.8) is 0 Å². The topological polar surface area (TPSA) is 17.1 Å². The van der Waals surface area contributed by atoms with E-state index in [0.29, 0.717) is 5.92 Å². The van der Waals surface area contributed by atoms with E-state index in [1.807, 2.05) is 0 Å². The second-order valence-corrected chi connectivity index (χ2v) is 6.08. The highest BCUT2D eigenvalue weighted by molar-refractivity contribution is 5.49. The lowest BCUT2D eigenvalue weighted by molar-refractivity contribution is -0.109. The third-order valence-electron chi connectivity index (χ3n) is 3.37. The van der Waals surface area contributed by atoms with Gasteiger partial charge >= 0.3 is 0 Å². The molecule has 1 atom stereocenters. The number of rotatable bonds is 5. The highest BCUT2D eigenvalue weighted by atomic mass is 16.1. The smallest absolute Gasteiger partial charge is 0.120 e. The van der Waals surface area contributed by atoms with Crippen molar-refractivity contribution in [2.75, 3.05) is 0 Å². The minimum absolute atomic E-state index is 0.697. The van der Waals surface area contributed by atoms with Gasteiger partial charge in [-0.2, -0.15) is 0 Å². The van der Waals surface area contributed by atoms with Gasteiger partial charge in [0, 0.05) is 6.42 Å². The van der Waals surface area contributed by atoms with E-state index in [2.05, 4.69) is 27.7 Å². The van der Waals surface area contributed by atoms with Gasteiger partial charge in [0.2, 0.25) is 0 Å². The SMILES string of the molecule is CC(C)C.CCCC(CC=O)C1CCCCC1. The molecule has 0 amide bonds. The van der Waals surface area contributed by atoms with Crippen LogP contribution in [-0.2, 0) is 4.79 Å². The molecule has 1 unspecified atom stereocenters. The van der Waals surface area contributed by atoms with Crippen molar-refractivity contribution in [2.24, 2.45) is 17.8 Å². The van der Waals surface area contributed by atoms with Gasteiger partial charge in [0.25, 0.3) is 0 Å². The van der Waals surface area contributed by atoms with Gasteiger partial charge in [-0.05, 0) is 17.8 Å². The standard InChI is InChI=1S/C12H22O.C4H10/c1-2-6-11(9-10-13)12-7-4-3-5-8-12;1-4(2)3/h10-12H,2-9H2,1H3;4H,1-3H3. The molecule has 1 fully saturated rings. The maximum atomic E-state index is 10.5. The van der Waals surface area contributed by atoms with Crippen LogP contribution in [0.2, 0.25) is 0 Å². The molecule has 0 radical (unpaired) electrons. The summed E-state index contributed by atoms with van der Waals surface area (Å²) in [6, 6.07) is 0. The highest BCUT2D eigenvalue weighted by Crippen LogP contribution is 2.33. The molecule has 1 aliphatic carbocycles. The number of carbonyl (C=O) groups is 1. The van der Waals surface area contributed by atoms with Crippen LogP contribution >= 0.6 is 0 Å². The zero-order valence-electron chi connectivity index (χ0n) is 12.4. The van der Waals surface area contributed by atoms with E-state index in [1.165, 1.54) is 44.9 Å². The van der Waals surface area contributed by atoms with Gasteiger partial charge in [-0.15, -0.1) is 0 Å². The fourth-order valence-corrected chi connectivity index (χ4v) is 2.65. The molecule has 102 valence electrons. The minimum atomic E-state index is 0.697. The van der Waals surface area contributed by atoms with Gasteiger partial charge < -0.3 is 4.79 Å². The molecule has 1 rings (SSSR count). The van der Waals surface area contributed by atoms with Gasteiger partial charge in [-0.1, -0.05) is 72.6 Å². The summed E-state index contributed by atoms with van der Waals surface area (Å²) in [5.41, 5.74) is 0. The summed E-state index contributed by atoms with van der Waals surface area (Å²) in [5, 5.41) is 0. The van der Waals surface area contributed by atoms with E-state index < -0.39 is 0 Å². The van der Waals surface area contributed by atoms with Crippen LogP contribution in [-0.4, -0.2) is 6.29 Å². The second-order valence-electron chi connectivity index (χ2n) is 6.08. The fraction of sp³-hybridized carbons (Fsp3) is 0.938. The van der Waals surface area contributed by atoms with E-state index in [9.17, 15) is 4.79 Å². The van der Waals surface area contributed by atoms with Crippen LogP contribution in [0, 0.1) is 17.8 Å². The van der Waals surface area contributed by atoms with Gasteiger partial charge in [-0.3, -0.25) is 0 Å². The molecule has 0 aromatic carbocycles. The molecular formula is C16H32O. The van der Waals surface area contributed by atoms with Crippen molar-refractivity contribution in [3.8, 4) is 0 Å². The molecular weight excluding hydrogens is 208 g/mol. The lowest BCUT2D eigenvalue weighted by Crippen LogP contribution is -2.18. The molecule has 1 heteroatoms. The monoisotopic (exact) mass is 240 g/mol. The first-order valence-corrected chi connectivity index (χ1v) is 7.55. The van der Waals surface area contributed by atoms with E-state index >= 15 is 0 Å². The summed E-state index contributed by atoms with van der Waals surface area (Å²) in [6.07, 6.45) is 11.4. The lowest BCUT2D eigenvalue weighted by Gasteiger charge is -2.28. The third-order valence-corrected chi connectivity index (χ3v) is 3.37. The Balaban J connectivity index is 0.000000557. The molecule has 0 aromatic rings. The average molecular weight is 240 g/mol. The van der Waals surface area contributed by atoms with Crippen LogP contribution in [0.1, 0.15) is 79.1 Å². The Hall–Kier alpha value is -0.330. The van der Waals surface area contributed by atoms with Gasteiger partial charge in [0.1, 0.15) is 6.29 Å². The molecule has 1 saturated carbocycles. The van der Waals surface area contributed by atoms with Crippen molar-refractivity contribution in [1.29, 1.82) is 0 Å². The summed E-state index contributed by atoms with van der Waals surface area (Å²) in [4.78, 5) is 10.5. The van der Waals surface area contributed by atoms with Crippen molar-refractivity contribution in [3.05, 3.63) is 0 Å². The third kappa shape index (κ3) is 9.38. The van der Waals surface area contributed by atoms with Crippen LogP contribution in [0.3, 0.4) is 0 Å². The summed E-state index contributed by atoms with van der Waals surface area (Å²) in [5.74, 6) is 2.39. The van der Waals surface area contributed by atoms with E-state index in [0.717, 1.165) is 24.5 Å². The van der Waals surface area contributed by atoms with Crippen molar-refractivity contribution < 1.29 is 4.79 Å². The van der Waals surface area contributed by atoms with E-state index in [1.54, 1.807) is 0 Å². The maximum Gasteiger partial charge on any atom is 0.120 e. The number of carbonyl (C=O) groups excluding carboxylic acids is 1. The Morgan fingerprint density at radius 1 is 1.12 bits per heavy atom. The minimum Gasteiger partial charge on any atom is -0.303 e. The maximum absolute atomic E-state index is 10.5. The largest absolute Gasteiger partial charge is 0.303 e. The van der Waals surface area contributed by atoms with Crippen LogP contribution in [0.15, 0.2) is 0 Å².